The number of nitrogens with one attached hydrogen (secondary N) is 1. The highest BCUT2D eigenvalue weighted by Crippen LogP contribution is 2.12. The number of hydrogen-bond acceptors (Lipinski definition) is 2. The monoisotopic (exact) mass is 229 g/mol. The van der Waals surface area contributed by atoms with Gasteiger partial charge in [-0.05, 0) is 41.4 Å². The lowest BCUT2D eigenvalue weighted by molar-refractivity contribution is 0.449. The van der Waals surface area contributed by atoms with Crippen LogP contribution in [0.3, 0.4) is 0 Å². The third kappa shape index (κ3) is 1.87. The lowest BCUT2D eigenvalue weighted by Gasteiger charge is -2.06. The Hall–Kier alpha value is -0.350. The second-order valence-electron chi connectivity index (χ2n) is 3.24. The third-order valence-corrected chi connectivity index (χ3v) is 2.62. The van der Waals surface area contributed by atoms with Crippen molar-refractivity contribution in [3.8, 4) is 0 Å². The van der Waals surface area contributed by atoms with E-state index in [4.69, 9.17) is 0 Å². The number of aromatic nitrogens is 2. The number of nitrogens with zero attached hydrogens (tertiary/aromatic N) is 2. The molecule has 0 amide bonds. The summed E-state index contributed by atoms with van der Waals surface area (Å²) in [5.74, 6) is 0.761. The summed E-state index contributed by atoms with van der Waals surface area (Å²) in [5.41, 5.74) is 0. The summed E-state index contributed by atoms with van der Waals surface area (Å²) in [5, 5.41) is 7.57. The average molecular weight is 230 g/mol. The third-order valence-electron chi connectivity index (χ3n) is 2.21. The Kier molecular flexibility index (Phi) is 2.46. The van der Waals surface area contributed by atoms with Crippen LogP contribution in [0.4, 0.5) is 0 Å². The van der Waals surface area contributed by atoms with Gasteiger partial charge < -0.3 is 5.32 Å². The Labute approximate surface area is 80.3 Å². The Morgan fingerprint density at radius 2 is 2.67 bits per heavy atom. The van der Waals surface area contributed by atoms with E-state index in [0.717, 1.165) is 30.0 Å². The van der Waals surface area contributed by atoms with Gasteiger partial charge in [0.1, 0.15) is 0 Å². The topological polar surface area (TPSA) is 29.9 Å². The van der Waals surface area contributed by atoms with Crippen molar-refractivity contribution in [2.45, 2.75) is 13.0 Å². The minimum Gasteiger partial charge on any atom is -0.316 e. The van der Waals surface area contributed by atoms with Crippen molar-refractivity contribution in [3.63, 3.8) is 0 Å². The zero-order chi connectivity index (χ0) is 8.39. The van der Waals surface area contributed by atoms with Crippen LogP contribution in [0.5, 0.6) is 0 Å². The molecule has 0 aromatic carbocycles. The van der Waals surface area contributed by atoms with Crippen LogP contribution in [0.2, 0.25) is 0 Å². The quantitative estimate of drug-likeness (QED) is 0.828. The van der Waals surface area contributed by atoms with Gasteiger partial charge in [-0.2, -0.15) is 5.10 Å². The summed E-state index contributed by atoms with van der Waals surface area (Å²) < 4.78 is 3.07. The maximum atomic E-state index is 4.22. The molecule has 1 aromatic rings. The molecule has 1 saturated heterocycles. The summed E-state index contributed by atoms with van der Waals surface area (Å²) >= 11 is 3.38. The fourth-order valence-electron chi connectivity index (χ4n) is 1.57. The predicted molar refractivity (Wildman–Crippen MR) is 50.9 cm³/mol. The summed E-state index contributed by atoms with van der Waals surface area (Å²) in [7, 11) is 0. The van der Waals surface area contributed by atoms with Crippen molar-refractivity contribution in [2.75, 3.05) is 13.1 Å². The van der Waals surface area contributed by atoms with E-state index in [1.165, 1.54) is 6.42 Å². The van der Waals surface area contributed by atoms with Gasteiger partial charge in [0.05, 0.1) is 10.7 Å². The van der Waals surface area contributed by atoms with E-state index in [-0.39, 0.29) is 0 Å². The molecule has 1 aliphatic rings. The van der Waals surface area contributed by atoms with Crippen LogP contribution < -0.4 is 5.32 Å². The SMILES string of the molecule is Brc1cnn(C[C@H]2CCNC2)c1. The van der Waals surface area contributed by atoms with Crippen molar-refractivity contribution >= 4 is 15.9 Å². The first kappa shape index (κ1) is 8.26. The smallest absolute Gasteiger partial charge is 0.0632 e. The summed E-state index contributed by atoms with van der Waals surface area (Å²) in [6.45, 7) is 3.34. The molecule has 2 rings (SSSR count). The van der Waals surface area contributed by atoms with E-state index in [9.17, 15) is 0 Å². The van der Waals surface area contributed by atoms with Crippen molar-refractivity contribution in [1.82, 2.24) is 15.1 Å². The normalized spacial score (nSPS) is 23.2. The number of rotatable bonds is 2. The minimum atomic E-state index is 0.761. The Morgan fingerprint density at radius 1 is 1.75 bits per heavy atom. The molecule has 1 N–H and O–H groups in total. The first-order valence-electron chi connectivity index (χ1n) is 4.23. The molecule has 1 atom stereocenters. The Balaban J connectivity index is 1.94. The van der Waals surface area contributed by atoms with Gasteiger partial charge in [0, 0.05) is 12.7 Å². The van der Waals surface area contributed by atoms with E-state index in [1.807, 2.05) is 17.1 Å². The molecule has 4 heteroatoms. The molecular weight excluding hydrogens is 218 g/mol. The Morgan fingerprint density at radius 3 is 3.25 bits per heavy atom. The molecule has 0 aliphatic carbocycles. The van der Waals surface area contributed by atoms with Gasteiger partial charge in [0.2, 0.25) is 0 Å². The van der Waals surface area contributed by atoms with Gasteiger partial charge in [-0.3, -0.25) is 4.68 Å². The molecular formula is C8H12BrN3. The molecule has 2 heterocycles. The van der Waals surface area contributed by atoms with Gasteiger partial charge >= 0.3 is 0 Å². The van der Waals surface area contributed by atoms with E-state index < -0.39 is 0 Å². The molecule has 12 heavy (non-hydrogen) atoms. The van der Waals surface area contributed by atoms with E-state index in [1.54, 1.807) is 0 Å². The molecule has 0 radical (unpaired) electrons. The van der Waals surface area contributed by atoms with Crippen LogP contribution in [0.25, 0.3) is 0 Å². The van der Waals surface area contributed by atoms with E-state index in [2.05, 4.69) is 26.3 Å². The highest BCUT2D eigenvalue weighted by molar-refractivity contribution is 9.10. The molecule has 0 saturated carbocycles. The van der Waals surface area contributed by atoms with Crippen molar-refractivity contribution in [3.05, 3.63) is 16.9 Å². The maximum absolute atomic E-state index is 4.22. The maximum Gasteiger partial charge on any atom is 0.0632 e. The van der Waals surface area contributed by atoms with E-state index >= 15 is 0 Å². The number of hydrogen-bond donors (Lipinski definition) is 1. The van der Waals surface area contributed by atoms with Gasteiger partial charge in [-0.1, -0.05) is 0 Å². The van der Waals surface area contributed by atoms with Crippen LogP contribution in [0.15, 0.2) is 16.9 Å². The molecule has 0 bridgehead atoms. The van der Waals surface area contributed by atoms with Crippen LogP contribution in [-0.2, 0) is 6.54 Å². The zero-order valence-corrected chi connectivity index (χ0v) is 8.42. The lowest BCUT2D eigenvalue weighted by atomic mass is 10.1. The standard InChI is InChI=1S/C8H12BrN3/c9-8-4-11-12(6-8)5-7-1-2-10-3-7/h4,6-7,10H,1-3,5H2/t7-/m0/s1. The van der Waals surface area contributed by atoms with Gasteiger partial charge in [-0.15, -0.1) is 0 Å². The fraction of sp³-hybridized carbons (Fsp3) is 0.625. The molecule has 1 aromatic heterocycles. The zero-order valence-electron chi connectivity index (χ0n) is 6.83. The first-order valence-corrected chi connectivity index (χ1v) is 5.02. The molecule has 1 fully saturated rings. The molecule has 3 nitrogen and oxygen atoms in total. The lowest BCUT2D eigenvalue weighted by Crippen LogP contribution is -2.14. The van der Waals surface area contributed by atoms with Crippen molar-refractivity contribution < 1.29 is 0 Å². The predicted octanol–water partition coefficient (Wildman–Crippen LogP) is 1.26. The minimum absolute atomic E-state index is 0.761. The van der Waals surface area contributed by atoms with Gasteiger partial charge in [0.25, 0.3) is 0 Å². The van der Waals surface area contributed by atoms with Crippen molar-refractivity contribution in [2.24, 2.45) is 5.92 Å². The molecule has 0 spiro atoms. The van der Waals surface area contributed by atoms with Crippen molar-refractivity contribution in [1.29, 1.82) is 0 Å². The molecule has 0 unspecified atom stereocenters. The summed E-state index contributed by atoms with van der Waals surface area (Å²) in [4.78, 5) is 0. The van der Waals surface area contributed by atoms with Crippen LogP contribution in [0.1, 0.15) is 6.42 Å². The second kappa shape index (κ2) is 3.58. The highest BCUT2D eigenvalue weighted by atomic mass is 79.9. The largest absolute Gasteiger partial charge is 0.316 e. The fourth-order valence-corrected chi connectivity index (χ4v) is 1.90. The van der Waals surface area contributed by atoms with Gasteiger partial charge in [0.15, 0.2) is 0 Å². The molecule has 66 valence electrons. The Bertz CT molecular complexity index is 253. The second-order valence-corrected chi connectivity index (χ2v) is 4.16. The highest BCUT2D eigenvalue weighted by Gasteiger charge is 2.14. The average Bonchev–Trinajstić information content (AvgIpc) is 2.63. The van der Waals surface area contributed by atoms with Crippen LogP contribution in [0, 0.1) is 5.92 Å². The molecule has 1 aliphatic heterocycles. The summed E-state index contributed by atoms with van der Waals surface area (Å²) in [6, 6.07) is 0. The summed E-state index contributed by atoms with van der Waals surface area (Å²) in [6.07, 6.45) is 5.14. The van der Waals surface area contributed by atoms with Crippen LogP contribution in [-0.4, -0.2) is 22.9 Å². The van der Waals surface area contributed by atoms with Gasteiger partial charge in [-0.25, -0.2) is 0 Å². The number of halogens is 1. The van der Waals surface area contributed by atoms with E-state index in [0.29, 0.717) is 0 Å². The van der Waals surface area contributed by atoms with Crippen LogP contribution >= 0.6 is 15.9 Å². The first-order chi connectivity index (χ1) is 5.84.